The highest BCUT2D eigenvalue weighted by atomic mass is 16.5. The van der Waals surface area contributed by atoms with Gasteiger partial charge >= 0.3 is 5.97 Å². The summed E-state index contributed by atoms with van der Waals surface area (Å²) < 4.78 is 11.0. The molecule has 2 aromatic rings. The Morgan fingerprint density at radius 1 is 1.42 bits per heavy atom. The molecule has 3 aliphatic rings. The molecule has 5 rings (SSSR count). The summed E-state index contributed by atoms with van der Waals surface area (Å²) in [5.74, 6) is 0.0422. The van der Waals surface area contributed by atoms with Crippen molar-refractivity contribution in [2.24, 2.45) is 11.8 Å². The minimum absolute atomic E-state index is 0.0733. The molecule has 2 N–H and O–H groups in total. The first-order valence-corrected chi connectivity index (χ1v) is 10.5. The van der Waals surface area contributed by atoms with E-state index in [1.165, 1.54) is 0 Å². The van der Waals surface area contributed by atoms with Crippen LogP contribution in [0, 0.1) is 11.8 Å². The molecule has 0 saturated heterocycles. The fourth-order valence-corrected chi connectivity index (χ4v) is 4.20. The number of hydrogen-bond donors (Lipinski definition) is 2. The van der Waals surface area contributed by atoms with Gasteiger partial charge in [-0.15, -0.1) is 0 Å². The number of carbonyl (C=O) groups excluding carboxylic acids is 2. The summed E-state index contributed by atoms with van der Waals surface area (Å²) in [6.07, 6.45) is 15.6. The molecule has 1 unspecified atom stereocenters. The molecule has 7 heteroatoms. The normalized spacial score (nSPS) is 25.9. The first kappa shape index (κ1) is 19.4. The van der Waals surface area contributed by atoms with Crippen molar-refractivity contribution >= 4 is 28.9 Å². The van der Waals surface area contributed by atoms with E-state index in [0.717, 1.165) is 23.8 Å². The number of aromatic amines is 1. The number of nitrogens with zero attached hydrogens (tertiary/aromatic N) is 1. The summed E-state index contributed by atoms with van der Waals surface area (Å²) in [5.41, 5.74) is 1.40. The zero-order valence-electron chi connectivity index (χ0n) is 17.1. The van der Waals surface area contributed by atoms with E-state index in [-0.39, 0.29) is 29.9 Å². The third-order valence-electron chi connectivity index (χ3n) is 5.86. The van der Waals surface area contributed by atoms with E-state index in [2.05, 4.69) is 39.6 Å². The highest BCUT2D eigenvalue weighted by Crippen LogP contribution is 2.42. The second kappa shape index (κ2) is 7.91. The maximum absolute atomic E-state index is 13.0. The maximum Gasteiger partial charge on any atom is 0.347 e. The van der Waals surface area contributed by atoms with Crippen molar-refractivity contribution in [2.45, 2.75) is 25.8 Å². The van der Waals surface area contributed by atoms with Crippen molar-refractivity contribution in [3.05, 3.63) is 71.6 Å². The average molecular weight is 417 g/mol. The zero-order chi connectivity index (χ0) is 21.4. The van der Waals surface area contributed by atoms with Crippen LogP contribution in [0.25, 0.3) is 17.1 Å². The van der Waals surface area contributed by atoms with Crippen LogP contribution in [0.3, 0.4) is 0 Å². The van der Waals surface area contributed by atoms with Gasteiger partial charge in [0.25, 0.3) is 0 Å². The third kappa shape index (κ3) is 3.67. The van der Waals surface area contributed by atoms with Crippen LogP contribution in [0.1, 0.15) is 25.3 Å². The van der Waals surface area contributed by atoms with E-state index in [9.17, 15) is 9.59 Å². The largest absolute Gasteiger partial charge is 0.462 e. The minimum atomic E-state index is -0.670. The average Bonchev–Trinajstić information content (AvgIpc) is 3.33. The molecule has 7 nitrogen and oxygen atoms in total. The van der Waals surface area contributed by atoms with Crippen LogP contribution < -0.4 is 5.32 Å². The Balaban J connectivity index is 1.39. The number of pyridine rings is 1. The summed E-state index contributed by atoms with van der Waals surface area (Å²) in [6, 6.07) is 3.89. The monoisotopic (exact) mass is 417 g/mol. The van der Waals surface area contributed by atoms with Gasteiger partial charge in [-0.1, -0.05) is 24.3 Å². The van der Waals surface area contributed by atoms with Crippen LogP contribution in [0.5, 0.6) is 0 Å². The summed E-state index contributed by atoms with van der Waals surface area (Å²) in [7, 11) is 0. The molecule has 0 amide bonds. The molecule has 3 atom stereocenters. The van der Waals surface area contributed by atoms with Gasteiger partial charge in [0.2, 0.25) is 11.7 Å². The lowest BCUT2D eigenvalue weighted by Crippen LogP contribution is -2.23. The predicted octanol–water partition coefficient (Wildman–Crippen LogP) is 3.39. The first-order valence-electron chi connectivity index (χ1n) is 10.5. The fourth-order valence-electron chi connectivity index (χ4n) is 4.20. The minimum Gasteiger partial charge on any atom is -0.462 e. The first-order chi connectivity index (χ1) is 15.2. The van der Waals surface area contributed by atoms with Crippen LogP contribution in [-0.2, 0) is 19.1 Å². The number of fused-ring (bicyclic) bond motifs is 1. The number of esters is 1. The van der Waals surface area contributed by atoms with Gasteiger partial charge in [-0.2, -0.15) is 0 Å². The Labute approximate surface area is 179 Å². The SMILES string of the molecule is CCOC(=O)C1=C(N[C@@H]2C[C@H]2C2C=CC=CC2)O/C(=C\c2c[nH]c3ncccc23)C1=O. The second-order valence-electron chi connectivity index (χ2n) is 7.87. The number of ether oxygens (including phenoxy) is 2. The summed E-state index contributed by atoms with van der Waals surface area (Å²) in [4.78, 5) is 32.9. The van der Waals surface area contributed by atoms with Crippen LogP contribution >= 0.6 is 0 Å². The van der Waals surface area contributed by atoms with Crippen LogP contribution in [0.2, 0.25) is 0 Å². The van der Waals surface area contributed by atoms with E-state index in [4.69, 9.17) is 9.47 Å². The number of nitrogens with one attached hydrogen (secondary N) is 2. The lowest BCUT2D eigenvalue weighted by Gasteiger charge is -2.14. The zero-order valence-corrected chi connectivity index (χ0v) is 17.1. The summed E-state index contributed by atoms with van der Waals surface area (Å²) in [5, 5.41) is 4.15. The van der Waals surface area contributed by atoms with Crippen molar-refractivity contribution in [1.82, 2.24) is 15.3 Å². The number of Topliss-reactive ketones (excluding diaryl/α,β-unsaturated/α-hetero) is 1. The van der Waals surface area contributed by atoms with E-state index >= 15 is 0 Å². The molecule has 1 saturated carbocycles. The lowest BCUT2D eigenvalue weighted by molar-refractivity contribution is -0.139. The Hall–Kier alpha value is -3.61. The predicted molar refractivity (Wildman–Crippen MR) is 115 cm³/mol. The number of aromatic nitrogens is 2. The highest BCUT2D eigenvalue weighted by Gasteiger charge is 2.45. The lowest BCUT2D eigenvalue weighted by atomic mass is 9.95. The molecule has 158 valence electrons. The molecule has 1 aliphatic heterocycles. The standard InChI is InChI=1S/C24H23N3O4/c1-2-30-24(29)20-21(28)19(11-15-13-26-22-16(15)9-6-10-25-22)31-23(20)27-18-12-17(18)14-7-4-3-5-8-14/h3-7,9-11,13-14,17-18,27H,2,8,12H2,1H3,(H,25,26)/b19-11-/t14?,17-,18+/m0/s1. The van der Waals surface area contributed by atoms with Gasteiger partial charge in [0.15, 0.2) is 11.3 Å². The topological polar surface area (TPSA) is 93.3 Å². The fraction of sp³-hybridized carbons (Fsp3) is 0.292. The third-order valence-corrected chi connectivity index (χ3v) is 5.86. The molecule has 0 aromatic carbocycles. The Bertz CT molecular complexity index is 1170. The van der Waals surface area contributed by atoms with Gasteiger partial charge in [-0.05, 0) is 49.8 Å². The number of H-pyrrole nitrogens is 1. The van der Waals surface area contributed by atoms with Gasteiger partial charge in [0.05, 0.1) is 6.61 Å². The van der Waals surface area contributed by atoms with E-state index in [1.54, 1.807) is 25.4 Å². The van der Waals surface area contributed by atoms with E-state index in [0.29, 0.717) is 17.5 Å². The highest BCUT2D eigenvalue weighted by molar-refractivity contribution is 6.26. The molecule has 31 heavy (non-hydrogen) atoms. The van der Waals surface area contributed by atoms with Gasteiger partial charge < -0.3 is 19.8 Å². The van der Waals surface area contributed by atoms with E-state index in [1.807, 2.05) is 12.1 Å². The molecule has 0 bridgehead atoms. The number of ketones is 1. The van der Waals surface area contributed by atoms with Gasteiger partial charge in [-0.3, -0.25) is 4.79 Å². The Morgan fingerprint density at radius 2 is 2.32 bits per heavy atom. The van der Waals surface area contributed by atoms with Crippen molar-refractivity contribution < 1.29 is 19.1 Å². The van der Waals surface area contributed by atoms with E-state index < -0.39 is 11.8 Å². The molecule has 2 aliphatic carbocycles. The van der Waals surface area contributed by atoms with Crippen LogP contribution in [0.4, 0.5) is 0 Å². The maximum atomic E-state index is 13.0. The smallest absolute Gasteiger partial charge is 0.347 e. The molecule has 0 radical (unpaired) electrons. The van der Waals surface area contributed by atoms with Gasteiger partial charge in [0.1, 0.15) is 5.65 Å². The van der Waals surface area contributed by atoms with Gasteiger partial charge in [0, 0.05) is 29.4 Å². The van der Waals surface area contributed by atoms with Crippen LogP contribution in [0.15, 0.2) is 66.0 Å². The van der Waals surface area contributed by atoms with Crippen molar-refractivity contribution in [3.8, 4) is 0 Å². The van der Waals surface area contributed by atoms with Crippen molar-refractivity contribution in [2.75, 3.05) is 6.61 Å². The summed E-state index contributed by atoms with van der Waals surface area (Å²) >= 11 is 0. The van der Waals surface area contributed by atoms with Crippen molar-refractivity contribution in [3.63, 3.8) is 0 Å². The molecular weight excluding hydrogens is 394 g/mol. The molecule has 2 aromatic heterocycles. The quantitative estimate of drug-likeness (QED) is 0.425. The van der Waals surface area contributed by atoms with Gasteiger partial charge in [-0.25, -0.2) is 9.78 Å². The molecule has 1 fully saturated rings. The number of allylic oxidation sites excluding steroid dienone is 5. The van der Waals surface area contributed by atoms with Crippen LogP contribution in [-0.4, -0.2) is 34.4 Å². The number of hydrogen-bond acceptors (Lipinski definition) is 6. The summed E-state index contributed by atoms with van der Waals surface area (Å²) in [6.45, 7) is 1.89. The molecule has 3 heterocycles. The molecular formula is C24H23N3O4. The van der Waals surface area contributed by atoms with Crippen molar-refractivity contribution in [1.29, 1.82) is 0 Å². The number of carbonyl (C=O) groups is 2. The Kier molecular flexibility index (Phi) is 4.94. The Morgan fingerprint density at radius 3 is 3.13 bits per heavy atom. The molecule has 0 spiro atoms. The second-order valence-corrected chi connectivity index (χ2v) is 7.87. The number of rotatable bonds is 6.